The third-order valence-electron chi connectivity index (χ3n) is 2.62. The summed E-state index contributed by atoms with van der Waals surface area (Å²) in [5.74, 6) is 0.650. The summed E-state index contributed by atoms with van der Waals surface area (Å²) in [4.78, 5) is 12.2. The average Bonchev–Trinajstić information content (AvgIpc) is 2.41. The predicted octanol–water partition coefficient (Wildman–Crippen LogP) is 4.86. The first-order valence-corrected chi connectivity index (χ1v) is 7.37. The van der Waals surface area contributed by atoms with Crippen LogP contribution in [0.4, 0.5) is 0 Å². The average molecular weight is 384 g/mol. The van der Waals surface area contributed by atoms with Crippen molar-refractivity contribution in [1.29, 1.82) is 0 Å². The molecule has 0 spiro atoms. The molecule has 0 aliphatic rings. The SMILES string of the molecule is CC(Oc1ccc(Br)cc1)C(=O)c1ccc(Br)cc1. The number of ether oxygens (including phenoxy) is 1. The van der Waals surface area contributed by atoms with Crippen molar-refractivity contribution < 1.29 is 9.53 Å². The Morgan fingerprint density at radius 3 is 1.95 bits per heavy atom. The Kier molecular flexibility index (Phi) is 4.77. The number of hydrogen-bond acceptors (Lipinski definition) is 2. The first-order chi connectivity index (χ1) is 9.06. The van der Waals surface area contributed by atoms with Crippen LogP contribution in [0.1, 0.15) is 17.3 Å². The van der Waals surface area contributed by atoms with Crippen molar-refractivity contribution >= 4 is 37.6 Å². The van der Waals surface area contributed by atoms with Crippen molar-refractivity contribution in [3.8, 4) is 5.75 Å². The summed E-state index contributed by atoms with van der Waals surface area (Å²) in [5.41, 5.74) is 0.646. The van der Waals surface area contributed by atoms with Gasteiger partial charge < -0.3 is 4.74 Å². The monoisotopic (exact) mass is 382 g/mol. The van der Waals surface area contributed by atoms with Crippen LogP contribution in [-0.4, -0.2) is 11.9 Å². The molecule has 2 aromatic rings. The third kappa shape index (κ3) is 3.91. The maximum Gasteiger partial charge on any atom is 0.202 e. The Hall–Kier alpha value is -1.13. The Balaban J connectivity index is 2.07. The normalized spacial score (nSPS) is 11.9. The van der Waals surface area contributed by atoms with Crippen LogP contribution in [0, 0.1) is 0 Å². The van der Waals surface area contributed by atoms with E-state index in [0.29, 0.717) is 11.3 Å². The number of rotatable bonds is 4. The lowest BCUT2D eigenvalue weighted by atomic mass is 10.1. The highest BCUT2D eigenvalue weighted by Gasteiger charge is 2.16. The summed E-state index contributed by atoms with van der Waals surface area (Å²) in [5, 5.41) is 0. The zero-order valence-corrected chi connectivity index (χ0v) is 13.4. The minimum absolute atomic E-state index is 0.0320. The van der Waals surface area contributed by atoms with Crippen molar-refractivity contribution in [1.82, 2.24) is 0 Å². The summed E-state index contributed by atoms with van der Waals surface area (Å²) >= 11 is 6.70. The van der Waals surface area contributed by atoms with E-state index >= 15 is 0 Å². The van der Waals surface area contributed by atoms with Crippen LogP contribution in [0.25, 0.3) is 0 Å². The molecule has 0 saturated carbocycles. The highest BCUT2D eigenvalue weighted by molar-refractivity contribution is 9.10. The topological polar surface area (TPSA) is 26.3 Å². The van der Waals surface area contributed by atoms with Crippen LogP contribution in [0.2, 0.25) is 0 Å². The minimum Gasteiger partial charge on any atom is -0.483 e. The summed E-state index contributed by atoms with van der Waals surface area (Å²) < 4.78 is 7.56. The van der Waals surface area contributed by atoms with Crippen molar-refractivity contribution in [3.63, 3.8) is 0 Å². The highest BCUT2D eigenvalue weighted by Crippen LogP contribution is 2.19. The molecule has 0 aliphatic heterocycles. The van der Waals surface area contributed by atoms with Crippen molar-refractivity contribution in [3.05, 3.63) is 63.0 Å². The molecule has 98 valence electrons. The Bertz CT molecular complexity index is 562. The van der Waals surface area contributed by atoms with Crippen molar-refractivity contribution in [2.24, 2.45) is 0 Å². The molecule has 0 amide bonds. The van der Waals surface area contributed by atoms with Crippen LogP contribution in [0.3, 0.4) is 0 Å². The van der Waals surface area contributed by atoms with Gasteiger partial charge in [0.2, 0.25) is 5.78 Å². The number of hydrogen-bond donors (Lipinski definition) is 0. The maximum absolute atomic E-state index is 12.2. The molecule has 19 heavy (non-hydrogen) atoms. The van der Waals surface area contributed by atoms with E-state index < -0.39 is 6.10 Å². The van der Waals surface area contributed by atoms with Gasteiger partial charge in [-0.15, -0.1) is 0 Å². The second kappa shape index (κ2) is 6.35. The van der Waals surface area contributed by atoms with Crippen molar-refractivity contribution in [2.75, 3.05) is 0 Å². The van der Waals surface area contributed by atoms with Gasteiger partial charge in [-0.05, 0) is 43.3 Å². The van der Waals surface area contributed by atoms with Gasteiger partial charge in [0.25, 0.3) is 0 Å². The van der Waals surface area contributed by atoms with Gasteiger partial charge in [0, 0.05) is 14.5 Å². The lowest BCUT2D eigenvalue weighted by Gasteiger charge is -2.13. The Labute approximate surface area is 129 Å². The zero-order chi connectivity index (χ0) is 13.8. The van der Waals surface area contributed by atoms with Gasteiger partial charge in [-0.1, -0.05) is 44.0 Å². The Morgan fingerprint density at radius 1 is 0.947 bits per heavy atom. The molecule has 0 fully saturated rings. The highest BCUT2D eigenvalue weighted by atomic mass is 79.9. The van der Waals surface area contributed by atoms with E-state index in [9.17, 15) is 4.79 Å². The molecule has 0 aromatic heterocycles. The first-order valence-electron chi connectivity index (χ1n) is 5.78. The van der Waals surface area contributed by atoms with E-state index in [2.05, 4.69) is 31.9 Å². The lowest BCUT2D eigenvalue weighted by Crippen LogP contribution is -2.23. The van der Waals surface area contributed by atoms with E-state index in [1.54, 1.807) is 19.1 Å². The maximum atomic E-state index is 12.2. The molecular formula is C15H12Br2O2. The van der Waals surface area contributed by atoms with Gasteiger partial charge in [0.05, 0.1) is 0 Å². The van der Waals surface area contributed by atoms with Crippen LogP contribution in [-0.2, 0) is 0 Å². The number of benzene rings is 2. The van der Waals surface area contributed by atoms with Gasteiger partial charge >= 0.3 is 0 Å². The second-order valence-corrected chi connectivity index (χ2v) is 5.92. The van der Waals surface area contributed by atoms with Gasteiger partial charge in [-0.3, -0.25) is 4.79 Å². The summed E-state index contributed by atoms with van der Waals surface area (Å²) in [7, 11) is 0. The van der Waals surface area contributed by atoms with Crippen LogP contribution in [0.15, 0.2) is 57.5 Å². The predicted molar refractivity (Wildman–Crippen MR) is 82.7 cm³/mol. The Morgan fingerprint density at radius 2 is 1.42 bits per heavy atom. The molecule has 1 atom stereocenters. The molecule has 2 nitrogen and oxygen atoms in total. The molecule has 0 heterocycles. The van der Waals surface area contributed by atoms with Crippen LogP contribution < -0.4 is 4.74 Å². The molecule has 0 aliphatic carbocycles. The van der Waals surface area contributed by atoms with E-state index in [0.717, 1.165) is 8.95 Å². The minimum atomic E-state index is -0.512. The van der Waals surface area contributed by atoms with E-state index in [1.165, 1.54) is 0 Å². The molecule has 2 rings (SSSR count). The third-order valence-corrected chi connectivity index (χ3v) is 3.68. The van der Waals surface area contributed by atoms with Gasteiger partial charge in [0.15, 0.2) is 6.10 Å². The molecule has 0 bridgehead atoms. The second-order valence-electron chi connectivity index (χ2n) is 4.09. The molecule has 0 saturated heterocycles. The molecule has 1 unspecified atom stereocenters. The fourth-order valence-corrected chi connectivity index (χ4v) is 2.15. The fraction of sp³-hybridized carbons (Fsp3) is 0.133. The van der Waals surface area contributed by atoms with E-state index in [1.807, 2.05) is 36.4 Å². The summed E-state index contributed by atoms with van der Waals surface area (Å²) in [6, 6.07) is 14.7. The van der Waals surface area contributed by atoms with E-state index in [-0.39, 0.29) is 5.78 Å². The standard InChI is InChI=1S/C15H12Br2O2/c1-10(19-14-8-6-13(17)7-9-14)15(18)11-2-4-12(16)5-3-11/h2-10H,1H3. The number of halogens is 2. The van der Waals surface area contributed by atoms with Crippen LogP contribution >= 0.6 is 31.9 Å². The molecule has 2 aromatic carbocycles. The van der Waals surface area contributed by atoms with Crippen LogP contribution in [0.5, 0.6) is 5.75 Å². The summed E-state index contributed by atoms with van der Waals surface area (Å²) in [6.07, 6.45) is -0.512. The van der Waals surface area contributed by atoms with E-state index in [4.69, 9.17) is 4.74 Å². The van der Waals surface area contributed by atoms with Gasteiger partial charge in [-0.2, -0.15) is 0 Å². The zero-order valence-electron chi connectivity index (χ0n) is 10.3. The number of carbonyl (C=O) groups excluding carboxylic acids is 1. The summed E-state index contributed by atoms with van der Waals surface area (Å²) in [6.45, 7) is 1.76. The van der Waals surface area contributed by atoms with Gasteiger partial charge in [-0.25, -0.2) is 0 Å². The quantitative estimate of drug-likeness (QED) is 0.704. The van der Waals surface area contributed by atoms with Crippen molar-refractivity contribution in [2.45, 2.75) is 13.0 Å². The molecule has 0 radical (unpaired) electrons. The number of carbonyl (C=O) groups is 1. The molecular weight excluding hydrogens is 372 g/mol. The number of ketones is 1. The smallest absolute Gasteiger partial charge is 0.202 e. The van der Waals surface area contributed by atoms with Gasteiger partial charge in [0.1, 0.15) is 5.75 Å². The molecule has 0 N–H and O–H groups in total. The lowest BCUT2D eigenvalue weighted by molar-refractivity contribution is 0.0818. The fourth-order valence-electron chi connectivity index (χ4n) is 1.62. The first kappa shape index (κ1) is 14.3. The largest absolute Gasteiger partial charge is 0.483 e. The number of Topliss-reactive ketones (excluding diaryl/α,β-unsaturated/α-hetero) is 1. The molecule has 4 heteroatoms.